The van der Waals surface area contributed by atoms with Gasteiger partial charge in [-0.1, -0.05) is 0 Å². The summed E-state index contributed by atoms with van der Waals surface area (Å²) in [7, 11) is 0. The molecule has 112 valence electrons. The Kier molecular flexibility index (Phi) is 29.1. The molecule has 0 aromatic heterocycles. The molecule has 0 radical (unpaired) electrons. The second-order valence-corrected chi connectivity index (χ2v) is 2.63. The molecule has 0 spiro atoms. The molecule has 0 aromatic rings. The minimum Gasteiger partial charge on any atom is -0.450 e. The Morgan fingerprint density at radius 1 is 0.778 bits per heavy atom. The van der Waals surface area contributed by atoms with E-state index in [-0.39, 0.29) is 13.2 Å². The highest BCUT2D eigenvalue weighted by Crippen LogP contribution is 1.69. The fraction of sp³-hybridized carbons (Fsp3) is 0.750. The lowest BCUT2D eigenvalue weighted by molar-refractivity contribution is 0.110. The summed E-state index contributed by atoms with van der Waals surface area (Å²) in [6, 6.07) is 0. The number of aliphatic hydroxyl groups excluding tert-OH is 4. The van der Waals surface area contributed by atoms with Crippen LogP contribution in [-0.2, 0) is 0 Å². The minimum absolute atomic E-state index is 0.139. The highest BCUT2D eigenvalue weighted by Gasteiger charge is 1.83. The maximum absolute atomic E-state index is 8.56. The Morgan fingerprint density at radius 2 is 0.833 bits per heavy atom. The van der Waals surface area contributed by atoms with Crippen molar-refractivity contribution in [3.8, 4) is 0 Å². The largest absolute Gasteiger partial charge is 0.503 e. The molecular formula is C8H20O10. The Bertz CT molecular complexity index is 151. The SMILES string of the molecule is CC(O)CO.CC(O)CO.O=C(O)O.O=C(O)O. The van der Waals surface area contributed by atoms with E-state index < -0.39 is 24.5 Å². The van der Waals surface area contributed by atoms with Crippen molar-refractivity contribution < 1.29 is 50.4 Å². The number of hydrogen-bond acceptors (Lipinski definition) is 6. The molecule has 2 atom stereocenters. The van der Waals surface area contributed by atoms with Crippen LogP contribution < -0.4 is 0 Å². The molecule has 0 rings (SSSR count). The zero-order chi connectivity index (χ0) is 15.7. The van der Waals surface area contributed by atoms with E-state index in [1.165, 1.54) is 13.8 Å². The molecule has 0 saturated carbocycles. The summed E-state index contributed by atoms with van der Waals surface area (Å²) in [6.45, 7) is 2.78. The standard InChI is InChI=1S/2C3H8O2.2CH2O3/c2*1-3(5)2-4;2*2-1(3)4/h2*3-5H,2H2,1H3;2*(H2,2,3,4). The third-order valence-electron chi connectivity index (χ3n) is 0.528. The summed E-state index contributed by atoms with van der Waals surface area (Å²) < 4.78 is 0. The summed E-state index contributed by atoms with van der Waals surface area (Å²) in [6.07, 6.45) is -4.79. The quantitative estimate of drug-likeness (QED) is 0.315. The summed E-state index contributed by atoms with van der Waals surface area (Å²) in [4.78, 5) is 17.1. The van der Waals surface area contributed by atoms with Crippen LogP contribution in [0.5, 0.6) is 0 Å². The highest BCUT2D eigenvalue weighted by atomic mass is 16.6. The monoisotopic (exact) mass is 276 g/mol. The van der Waals surface area contributed by atoms with Crippen LogP contribution in [0, 0.1) is 0 Å². The molecular weight excluding hydrogens is 256 g/mol. The zero-order valence-electron chi connectivity index (χ0n) is 9.96. The van der Waals surface area contributed by atoms with Gasteiger partial charge in [-0.2, -0.15) is 0 Å². The second kappa shape index (κ2) is 20.8. The van der Waals surface area contributed by atoms with Crippen molar-refractivity contribution in [2.75, 3.05) is 13.2 Å². The van der Waals surface area contributed by atoms with Gasteiger partial charge in [-0.15, -0.1) is 0 Å². The van der Waals surface area contributed by atoms with E-state index in [4.69, 9.17) is 50.4 Å². The lowest BCUT2D eigenvalue weighted by atomic mass is 10.5. The Balaban J connectivity index is -0.0000000731. The Hall–Kier alpha value is -1.62. The van der Waals surface area contributed by atoms with Crippen LogP contribution in [0.15, 0.2) is 0 Å². The van der Waals surface area contributed by atoms with Crippen LogP contribution in [0.4, 0.5) is 9.59 Å². The first kappa shape index (κ1) is 25.3. The van der Waals surface area contributed by atoms with Crippen molar-refractivity contribution in [2.24, 2.45) is 0 Å². The average Bonchev–Trinajstić information content (AvgIpc) is 2.16. The van der Waals surface area contributed by atoms with Crippen molar-refractivity contribution in [2.45, 2.75) is 26.1 Å². The van der Waals surface area contributed by atoms with Gasteiger partial charge in [0.25, 0.3) is 0 Å². The number of aliphatic hydroxyl groups is 4. The summed E-state index contributed by atoms with van der Waals surface area (Å²) in [5.74, 6) is 0. The molecule has 2 unspecified atom stereocenters. The van der Waals surface area contributed by atoms with Crippen LogP contribution in [0.3, 0.4) is 0 Å². The smallest absolute Gasteiger partial charge is 0.450 e. The molecule has 0 aliphatic rings. The molecule has 0 amide bonds. The first-order chi connectivity index (χ1) is 8.00. The first-order valence-corrected chi connectivity index (χ1v) is 4.42. The van der Waals surface area contributed by atoms with Crippen LogP contribution in [-0.4, -0.2) is 78.6 Å². The van der Waals surface area contributed by atoms with E-state index >= 15 is 0 Å². The van der Waals surface area contributed by atoms with Crippen LogP contribution in [0.1, 0.15) is 13.8 Å². The number of carbonyl (C=O) groups is 2. The fourth-order valence-corrected chi connectivity index (χ4v) is 0. The molecule has 0 saturated heterocycles. The Labute approximate surface area is 103 Å². The van der Waals surface area contributed by atoms with Crippen LogP contribution >= 0.6 is 0 Å². The van der Waals surface area contributed by atoms with Gasteiger partial charge in [-0.25, -0.2) is 9.59 Å². The molecule has 0 heterocycles. The normalized spacial score (nSPS) is 11.0. The summed E-state index contributed by atoms with van der Waals surface area (Å²) in [5.41, 5.74) is 0. The predicted octanol–water partition coefficient (Wildman–Crippen LogP) is -0.836. The predicted molar refractivity (Wildman–Crippen MR) is 58.8 cm³/mol. The minimum atomic E-state index is -1.83. The van der Waals surface area contributed by atoms with Gasteiger partial charge in [0.15, 0.2) is 0 Å². The van der Waals surface area contributed by atoms with E-state index in [0.29, 0.717) is 0 Å². The first-order valence-electron chi connectivity index (χ1n) is 4.42. The maximum Gasteiger partial charge on any atom is 0.503 e. The van der Waals surface area contributed by atoms with Crippen LogP contribution in [0.25, 0.3) is 0 Å². The third-order valence-corrected chi connectivity index (χ3v) is 0.528. The molecule has 8 N–H and O–H groups in total. The van der Waals surface area contributed by atoms with Crippen molar-refractivity contribution in [3.63, 3.8) is 0 Å². The number of carboxylic acid groups (broad SMARTS) is 4. The van der Waals surface area contributed by atoms with Gasteiger partial charge in [0.2, 0.25) is 0 Å². The Morgan fingerprint density at radius 3 is 0.833 bits per heavy atom. The highest BCUT2D eigenvalue weighted by molar-refractivity contribution is 5.53. The van der Waals surface area contributed by atoms with Crippen molar-refractivity contribution >= 4 is 12.3 Å². The zero-order valence-corrected chi connectivity index (χ0v) is 9.96. The van der Waals surface area contributed by atoms with E-state index in [1.54, 1.807) is 0 Å². The lowest BCUT2D eigenvalue weighted by Gasteiger charge is -1.90. The van der Waals surface area contributed by atoms with Gasteiger partial charge in [0.1, 0.15) is 0 Å². The van der Waals surface area contributed by atoms with E-state index in [0.717, 1.165) is 0 Å². The summed E-state index contributed by atoms with van der Waals surface area (Å²) >= 11 is 0. The fourth-order valence-electron chi connectivity index (χ4n) is 0. The van der Waals surface area contributed by atoms with Gasteiger partial charge in [-0.05, 0) is 13.8 Å². The molecule has 10 heteroatoms. The molecule has 0 aliphatic carbocycles. The molecule has 0 bridgehead atoms. The van der Waals surface area contributed by atoms with Crippen molar-refractivity contribution in [1.82, 2.24) is 0 Å². The van der Waals surface area contributed by atoms with Gasteiger partial charge in [-0.3, -0.25) is 0 Å². The maximum atomic E-state index is 8.56. The lowest BCUT2D eigenvalue weighted by Crippen LogP contribution is -2.03. The topological polar surface area (TPSA) is 196 Å². The molecule has 0 aliphatic heterocycles. The van der Waals surface area contributed by atoms with Crippen LogP contribution in [0.2, 0.25) is 0 Å². The van der Waals surface area contributed by atoms with Gasteiger partial charge in [0.05, 0.1) is 25.4 Å². The molecule has 0 aromatic carbocycles. The van der Waals surface area contributed by atoms with Crippen molar-refractivity contribution in [1.29, 1.82) is 0 Å². The molecule has 18 heavy (non-hydrogen) atoms. The average molecular weight is 276 g/mol. The molecule has 0 fully saturated rings. The van der Waals surface area contributed by atoms with Gasteiger partial charge >= 0.3 is 12.3 Å². The van der Waals surface area contributed by atoms with Crippen molar-refractivity contribution in [3.05, 3.63) is 0 Å². The van der Waals surface area contributed by atoms with Gasteiger partial charge < -0.3 is 40.9 Å². The van der Waals surface area contributed by atoms with E-state index in [1.807, 2.05) is 0 Å². The summed E-state index contributed by atoms with van der Waals surface area (Å²) in [5, 5.41) is 59.9. The van der Waals surface area contributed by atoms with E-state index in [2.05, 4.69) is 0 Å². The molecule has 10 nitrogen and oxygen atoms in total. The second-order valence-electron chi connectivity index (χ2n) is 2.63. The van der Waals surface area contributed by atoms with E-state index in [9.17, 15) is 0 Å². The van der Waals surface area contributed by atoms with Gasteiger partial charge in [0, 0.05) is 0 Å². The number of rotatable bonds is 2. The number of hydrogen-bond donors (Lipinski definition) is 8. The third kappa shape index (κ3) is 454.